The van der Waals surface area contributed by atoms with Crippen LogP contribution >= 0.6 is 0 Å². The van der Waals surface area contributed by atoms with Gasteiger partial charge in [-0.2, -0.15) is 0 Å². The topological polar surface area (TPSA) is 228 Å². The van der Waals surface area contributed by atoms with Crippen molar-refractivity contribution in [3.05, 3.63) is 158 Å². The summed E-state index contributed by atoms with van der Waals surface area (Å²) >= 11 is 0. The zero-order chi connectivity index (χ0) is 66.6. The van der Waals surface area contributed by atoms with E-state index in [2.05, 4.69) is 165 Å². The molecule has 0 bridgehead atoms. The lowest BCUT2D eigenvalue weighted by molar-refractivity contribution is -0.359. The molecule has 14 nitrogen and oxygen atoms in total. The van der Waals surface area contributed by atoms with Gasteiger partial charge in [-0.3, -0.25) is 4.79 Å². The van der Waals surface area contributed by atoms with Gasteiger partial charge in [0.2, 0.25) is 5.91 Å². The van der Waals surface area contributed by atoms with Crippen molar-refractivity contribution in [1.82, 2.24) is 5.32 Å². The molecule has 2 fully saturated rings. The summed E-state index contributed by atoms with van der Waals surface area (Å²) < 4.78 is 22.8. The number of allylic oxidation sites excluding steroid dienone is 25. The third-order valence-electron chi connectivity index (χ3n) is 16.2. The van der Waals surface area contributed by atoms with Gasteiger partial charge in [0.05, 0.1) is 32.0 Å². The lowest BCUT2D eigenvalue weighted by Gasteiger charge is -2.46. The van der Waals surface area contributed by atoms with E-state index in [0.29, 0.717) is 12.8 Å². The lowest BCUT2D eigenvalue weighted by Crippen LogP contribution is -2.65. The van der Waals surface area contributed by atoms with Crippen molar-refractivity contribution >= 4 is 5.91 Å². The molecule has 14 heteroatoms. The van der Waals surface area contributed by atoms with Gasteiger partial charge in [-0.25, -0.2) is 0 Å². The normalized spacial score (nSPS) is 23.7. The van der Waals surface area contributed by atoms with Crippen LogP contribution in [0, 0.1) is 0 Å². The molecule has 0 aromatic heterocycles. The summed E-state index contributed by atoms with van der Waals surface area (Å²) in [6.07, 6.45) is 75.8. The maximum absolute atomic E-state index is 13.3. The minimum Gasteiger partial charge on any atom is -0.394 e. The Morgan fingerprint density at radius 3 is 1.20 bits per heavy atom. The van der Waals surface area contributed by atoms with Gasteiger partial charge < -0.3 is 65.1 Å². The van der Waals surface area contributed by atoms with E-state index < -0.39 is 86.8 Å². The highest BCUT2D eigenvalue weighted by Crippen LogP contribution is 2.30. The second kappa shape index (κ2) is 60.3. The molecule has 92 heavy (non-hydrogen) atoms. The average molecular weight is 1290 g/mol. The highest BCUT2D eigenvalue weighted by atomic mass is 16.7. The first-order chi connectivity index (χ1) is 45.1. The second-order valence-corrected chi connectivity index (χ2v) is 24.3. The second-order valence-electron chi connectivity index (χ2n) is 24.3. The van der Waals surface area contributed by atoms with Crippen molar-refractivity contribution in [3.63, 3.8) is 0 Å². The van der Waals surface area contributed by atoms with Gasteiger partial charge in [-0.1, -0.05) is 262 Å². The number of unbranched alkanes of at least 4 members (excludes halogenated alkanes) is 19. The highest BCUT2D eigenvalue weighted by molar-refractivity contribution is 5.76. The van der Waals surface area contributed by atoms with Gasteiger partial charge in [0, 0.05) is 6.42 Å². The van der Waals surface area contributed by atoms with Gasteiger partial charge >= 0.3 is 0 Å². The van der Waals surface area contributed by atoms with Crippen LogP contribution in [0.25, 0.3) is 0 Å². The minimum absolute atomic E-state index is 0.255. The number of nitrogens with one attached hydrogen (secondary N) is 1. The Kier molecular flexibility index (Phi) is 54.8. The smallest absolute Gasteiger partial charge is 0.220 e. The molecule has 2 rings (SSSR count). The van der Waals surface area contributed by atoms with Crippen LogP contribution in [0.2, 0.25) is 0 Å². The molecule has 2 heterocycles. The fourth-order valence-corrected chi connectivity index (χ4v) is 10.5. The summed E-state index contributed by atoms with van der Waals surface area (Å²) in [6, 6.07) is -0.952. The van der Waals surface area contributed by atoms with E-state index in [1.165, 1.54) is 83.5 Å². The Hall–Kier alpha value is -4.39. The van der Waals surface area contributed by atoms with Gasteiger partial charge in [0.1, 0.15) is 48.8 Å². The van der Waals surface area contributed by atoms with Gasteiger partial charge in [-0.05, 0) is 122 Å². The van der Waals surface area contributed by atoms with Crippen LogP contribution in [0.5, 0.6) is 0 Å². The largest absolute Gasteiger partial charge is 0.394 e. The first kappa shape index (κ1) is 83.7. The number of carbonyl (C=O) groups excluding carboxylic acids is 1. The van der Waals surface area contributed by atoms with Crippen LogP contribution in [0.4, 0.5) is 0 Å². The number of ether oxygens (including phenoxy) is 4. The van der Waals surface area contributed by atoms with Crippen molar-refractivity contribution in [2.45, 2.75) is 306 Å². The molecule has 2 aliphatic heterocycles. The van der Waals surface area contributed by atoms with Crippen LogP contribution < -0.4 is 5.32 Å². The molecule has 2 saturated heterocycles. The molecular weight excluding hydrogens is 1160 g/mol. The zero-order valence-corrected chi connectivity index (χ0v) is 56.7. The third kappa shape index (κ3) is 43.6. The Morgan fingerprint density at radius 2 is 0.761 bits per heavy atom. The Bertz CT molecular complexity index is 2150. The summed E-state index contributed by atoms with van der Waals surface area (Å²) in [5.41, 5.74) is 0. The van der Waals surface area contributed by atoms with E-state index in [1.807, 2.05) is 6.08 Å². The lowest BCUT2D eigenvalue weighted by atomic mass is 9.97. The highest BCUT2D eigenvalue weighted by Gasteiger charge is 2.51. The van der Waals surface area contributed by atoms with E-state index in [1.54, 1.807) is 6.08 Å². The molecule has 0 aliphatic carbocycles. The van der Waals surface area contributed by atoms with Gasteiger partial charge in [0.15, 0.2) is 12.6 Å². The van der Waals surface area contributed by atoms with Crippen LogP contribution in [0.15, 0.2) is 158 Å². The van der Waals surface area contributed by atoms with Gasteiger partial charge in [-0.15, -0.1) is 0 Å². The summed E-state index contributed by atoms with van der Waals surface area (Å²) in [7, 11) is 0. The van der Waals surface area contributed by atoms with E-state index in [-0.39, 0.29) is 18.9 Å². The zero-order valence-electron chi connectivity index (χ0n) is 56.7. The number of carbonyl (C=O) groups is 1. The fraction of sp³-hybridized carbons (Fsp3) is 0.654. The molecule has 0 radical (unpaired) electrons. The number of aliphatic hydroxyl groups excluding tert-OH is 8. The third-order valence-corrected chi connectivity index (χ3v) is 16.2. The molecule has 0 saturated carbocycles. The van der Waals surface area contributed by atoms with Gasteiger partial charge in [0.25, 0.3) is 0 Å². The molecule has 9 N–H and O–H groups in total. The average Bonchev–Trinajstić information content (AvgIpc) is 0.856. The first-order valence-corrected chi connectivity index (χ1v) is 35.7. The van der Waals surface area contributed by atoms with E-state index in [9.17, 15) is 45.6 Å². The van der Waals surface area contributed by atoms with Crippen LogP contribution in [-0.4, -0.2) is 140 Å². The Morgan fingerprint density at radius 1 is 0.402 bits per heavy atom. The molecule has 0 aromatic rings. The van der Waals surface area contributed by atoms with Crippen LogP contribution in [-0.2, 0) is 23.7 Å². The summed E-state index contributed by atoms with van der Waals surface area (Å²) in [4.78, 5) is 13.3. The molecule has 12 unspecified atom stereocenters. The number of amides is 1. The summed E-state index contributed by atoms with van der Waals surface area (Å²) in [5, 5.41) is 87.3. The van der Waals surface area contributed by atoms with Crippen LogP contribution in [0.3, 0.4) is 0 Å². The van der Waals surface area contributed by atoms with Crippen LogP contribution in [0.1, 0.15) is 232 Å². The van der Waals surface area contributed by atoms with Crippen molar-refractivity contribution < 1.29 is 64.6 Å². The number of aliphatic hydroxyl groups is 8. The quantitative estimate of drug-likeness (QED) is 0.0204. The standard InChI is InChI=1S/C78H127NO13/c1-3-5-7-9-11-13-15-17-19-21-22-23-24-25-26-27-28-29-30-31-32-33-34-35-36-37-38-39-40-41-42-43-44-46-48-50-52-54-56-58-60-62-70(83)79-66(67(82)61-59-57-55-53-51-49-47-45-20-18-16-14-12-10-8-6-4-2)65-89-77-75(88)73(86)76(69(64-81)91-77)92-78-74(87)72(85)71(84)68(63-80)90-78/h5,7,11,13,17,19-20,22-23,25-26,28-29,31-32,34-35,37-38,40-41,45,51,53,59,61,66-69,71-78,80-82,84-88H,3-4,6,8-10,12,14-16,18,21,24,27,30,33,36,39,42-44,46-50,52,54-58,60,62-65H2,1-2H3,(H,79,83)/b7-5-,13-11-,19-17-,23-22-,26-25-,29-28-,32-31-,35-34-,38-37-,41-40-,45-20+,53-51+,61-59+. The number of hydrogen-bond acceptors (Lipinski definition) is 13. The summed E-state index contributed by atoms with van der Waals surface area (Å²) in [5.74, 6) is -0.265. The van der Waals surface area contributed by atoms with Crippen molar-refractivity contribution in [3.8, 4) is 0 Å². The van der Waals surface area contributed by atoms with Crippen molar-refractivity contribution in [2.75, 3.05) is 19.8 Å². The predicted octanol–water partition coefficient (Wildman–Crippen LogP) is 15.0. The number of hydrogen-bond donors (Lipinski definition) is 9. The predicted molar refractivity (Wildman–Crippen MR) is 377 cm³/mol. The van der Waals surface area contributed by atoms with E-state index in [0.717, 1.165) is 116 Å². The SMILES string of the molecule is CC/C=C\C/C=C\C/C=C\C/C=C\C/C=C\C/C=C\C/C=C\C/C=C\C/C=C\C/C=C\CCCCCCCCCCCCC(=O)NC(COC1OC(CO)C(OC2OC(CO)C(O)C(O)C2O)C(O)C1O)C(O)/C=C/CC/C=C/CC/C=C/CCCCCCCCC. The van der Waals surface area contributed by atoms with Crippen molar-refractivity contribution in [2.24, 2.45) is 0 Å². The molecule has 12 atom stereocenters. The van der Waals surface area contributed by atoms with E-state index >= 15 is 0 Å². The van der Waals surface area contributed by atoms with Crippen molar-refractivity contribution in [1.29, 1.82) is 0 Å². The molecule has 522 valence electrons. The maximum Gasteiger partial charge on any atom is 0.220 e. The summed E-state index contributed by atoms with van der Waals surface area (Å²) in [6.45, 7) is 2.64. The molecular formula is C78H127NO13. The van der Waals surface area contributed by atoms with E-state index in [4.69, 9.17) is 18.9 Å². The minimum atomic E-state index is -1.80. The molecule has 0 spiro atoms. The first-order valence-electron chi connectivity index (χ1n) is 35.7. The Labute approximate surface area is 556 Å². The maximum atomic E-state index is 13.3. The molecule has 0 aromatic carbocycles. The monoisotopic (exact) mass is 1290 g/mol. The fourth-order valence-electron chi connectivity index (χ4n) is 10.5. The molecule has 2 aliphatic rings. The Balaban J connectivity index is 1.64. The number of rotatable bonds is 56. The molecule has 1 amide bonds.